The maximum Gasteiger partial charge on any atom is 0.316 e. The van der Waals surface area contributed by atoms with Crippen molar-refractivity contribution in [2.75, 3.05) is 0 Å². The standard InChI is InChI=1S/C8H12N2O/c1-6(2)4-5-7(3)10-8(9)11/h4-5H,1,3H2,2H3,(H3,9,10,11)/b5-4-. The van der Waals surface area contributed by atoms with E-state index in [9.17, 15) is 4.79 Å². The average molecular weight is 152 g/mol. The Balaban J connectivity index is 3.88. The molecule has 0 radical (unpaired) electrons. The first-order valence-electron chi connectivity index (χ1n) is 3.11. The molecule has 0 aromatic rings. The van der Waals surface area contributed by atoms with Gasteiger partial charge in [-0.3, -0.25) is 0 Å². The molecule has 0 aromatic heterocycles. The molecule has 3 heteroatoms. The van der Waals surface area contributed by atoms with E-state index in [-0.39, 0.29) is 0 Å². The molecule has 0 aromatic carbocycles. The maximum absolute atomic E-state index is 10.2. The highest BCUT2D eigenvalue weighted by molar-refractivity contribution is 5.74. The molecule has 0 unspecified atom stereocenters. The predicted molar refractivity (Wildman–Crippen MR) is 45.8 cm³/mol. The minimum atomic E-state index is -0.610. The molecule has 0 aliphatic carbocycles. The van der Waals surface area contributed by atoms with Gasteiger partial charge in [0, 0.05) is 5.70 Å². The van der Waals surface area contributed by atoms with Gasteiger partial charge in [0.2, 0.25) is 0 Å². The van der Waals surface area contributed by atoms with Crippen LogP contribution in [-0.4, -0.2) is 6.03 Å². The number of primary amides is 1. The molecule has 2 amide bonds. The van der Waals surface area contributed by atoms with Gasteiger partial charge in [0.25, 0.3) is 0 Å². The van der Waals surface area contributed by atoms with Crippen molar-refractivity contribution in [2.45, 2.75) is 6.92 Å². The minimum Gasteiger partial charge on any atom is -0.351 e. The number of hydrogen-bond acceptors (Lipinski definition) is 1. The zero-order valence-electron chi connectivity index (χ0n) is 6.55. The van der Waals surface area contributed by atoms with E-state index in [0.29, 0.717) is 5.70 Å². The smallest absolute Gasteiger partial charge is 0.316 e. The summed E-state index contributed by atoms with van der Waals surface area (Å²) in [5.41, 5.74) is 6.18. The van der Waals surface area contributed by atoms with E-state index in [2.05, 4.69) is 18.5 Å². The van der Waals surface area contributed by atoms with Crippen molar-refractivity contribution in [3.8, 4) is 0 Å². The quantitative estimate of drug-likeness (QED) is 0.588. The van der Waals surface area contributed by atoms with E-state index < -0.39 is 6.03 Å². The van der Waals surface area contributed by atoms with E-state index in [1.807, 2.05) is 6.92 Å². The van der Waals surface area contributed by atoms with Gasteiger partial charge < -0.3 is 11.1 Å². The Kier molecular flexibility index (Phi) is 3.73. The van der Waals surface area contributed by atoms with Crippen molar-refractivity contribution in [1.82, 2.24) is 5.32 Å². The molecule has 0 spiro atoms. The summed E-state index contributed by atoms with van der Waals surface area (Å²) >= 11 is 0. The Labute approximate surface area is 66.3 Å². The van der Waals surface area contributed by atoms with Crippen LogP contribution in [0.25, 0.3) is 0 Å². The fourth-order valence-corrected chi connectivity index (χ4v) is 0.443. The number of allylic oxidation sites excluding steroid dienone is 3. The lowest BCUT2D eigenvalue weighted by Gasteiger charge is -1.97. The number of rotatable bonds is 3. The van der Waals surface area contributed by atoms with Crippen LogP contribution in [0.15, 0.2) is 36.6 Å². The van der Waals surface area contributed by atoms with Gasteiger partial charge in [0.15, 0.2) is 0 Å². The summed E-state index contributed by atoms with van der Waals surface area (Å²) < 4.78 is 0. The van der Waals surface area contributed by atoms with Crippen LogP contribution >= 0.6 is 0 Å². The van der Waals surface area contributed by atoms with Gasteiger partial charge in [-0.25, -0.2) is 4.79 Å². The van der Waals surface area contributed by atoms with Gasteiger partial charge in [0.1, 0.15) is 0 Å². The number of amides is 2. The van der Waals surface area contributed by atoms with Gasteiger partial charge in [-0.1, -0.05) is 24.8 Å². The molecular formula is C8H12N2O. The lowest BCUT2D eigenvalue weighted by atomic mass is 10.3. The van der Waals surface area contributed by atoms with E-state index in [0.717, 1.165) is 5.57 Å². The van der Waals surface area contributed by atoms with Crippen molar-refractivity contribution in [1.29, 1.82) is 0 Å². The van der Waals surface area contributed by atoms with E-state index in [1.165, 1.54) is 0 Å². The molecule has 0 fully saturated rings. The molecule has 0 aliphatic heterocycles. The summed E-state index contributed by atoms with van der Waals surface area (Å²) in [5.74, 6) is 0. The van der Waals surface area contributed by atoms with Crippen LogP contribution in [0, 0.1) is 0 Å². The zero-order valence-corrected chi connectivity index (χ0v) is 6.55. The van der Waals surface area contributed by atoms with Crippen molar-refractivity contribution in [3.05, 3.63) is 36.6 Å². The van der Waals surface area contributed by atoms with E-state index >= 15 is 0 Å². The lowest BCUT2D eigenvalue weighted by molar-refractivity contribution is 0.251. The SMILES string of the molecule is C=C(C)/C=C\C(=C)NC(N)=O. The van der Waals surface area contributed by atoms with Gasteiger partial charge in [0.05, 0.1) is 0 Å². The van der Waals surface area contributed by atoms with Crippen molar-refractivity contribution < 1.29 is 4.79 Å². The highest BCUT2D eigenvalue weighted by atomic mass is 16.2. The first-order valence-corrected chi connectivity index (χ1v) is 3.11. The summed E-state index contributed by atoms with van der Waals surface area (Å²) in [6, 6.07) is -0.610. The Morgan fingerprint density at radius 1 is 1.45 bits per heavy atom. The molecule has 3 N–H and O–H groups in total. The molecule has 0 heterocycles. The Morgan fingerprint density at radius 2 is 2.00 bits per heavy atom. The first-order chi connectivity index (χ1) is 5.02. The van der Waals surface area contributed by atoms with Crippen molar-refractivity contribution >= 4 is 6.03 Å². The normalized spacial score (nSPS) is 9.55. The minimum absolute atomic E-state index is 0.459. The predicted octanol–water partition coefficient (Wildman–Crippen LogP) is 1.30. The van der Waals surface area contributed by atoms with Crippen LogP contribution in [0.3, 0.4) is 0 Å². The number of hydrogen-bond donors (Lipinski definition) is 2. The summed E-state index contributed by atoms with van der Waals surface area (Å²) in [7, 11) is 0. The number of nitrogens with one attached hydrogen (secondary N) is 1. The second-order valence-corrected chi connectivity index (χ2v) is 2.19. The third-order valence-corrected chi connectivity index (χ3v) is 0.853. The first kappa shape index (κ1) is 9.49. The fourth-order valence-electron chi connectivity index (χ4n) is 0.443. The Hall–Kier alpha value is -1.51. The molecule has 0 aliphatic rings. The topological polar surface area (TPSA) is 55.1 Å². The molecule has 0 atom stereocenters. The molecular weight excluding hydrogens is 140 g/mol. The van der Waals surface area contributed by atoms with E-state index in [1.54, 1.807) is 12.2 Å². The van der Waals surface area contributed by atoms with Gasteiger partial charge in [-0.05, 0) is 13.0 Å². The van der Waals surface area contributed by atoms with Crippen LogP contribution < -0.4 is 11.1 Å². The van der Waals surface area contributed by atoms with Gasteiger partial charge in [-0.2, -0.15) is 0 Å². The lowest BCUT2D eigenvalue weighted by Crippen LogP contribution is -2.27. The second-order valence-electron chi connectivity index (χ2n) is 2.19. The largest absolute Gasteiger partial charge is 0.351 e. The van der Waals surface area contributed by atoms with Crippen molar-refractivity contribution in [3.63, 3.8) is 0 Å². The van der Waals surface area contributed by atoms with Crippen molar-refractivity contribution in [2.24, 2.45) is 5.73 Å². The third-order valence-electron chi connectivity index (χ3n) is 0.853. The fraction of sp³-hybridized carbons (Fsp3) is 0.125. The van der Waals surface area contributed by atoms with Gasteiger partial charge >= 0.3 is 6.03 Å². The average Bonchev–Trinajstić information content (AvgIpc) is 1.82. The molecule has 60 valence electrons. The number of carbonyl (C=O) groups is 1. The number of carbonyl (C=O) groups excluding carboxylic acids is 1. The molecule has 11 heavy (non-hydrogen) atoms. The molecule has 0 saturated heterocycles. The monoisotopic (exact) mass is 152 g/mol. The van der Waals surface area contributed by atoms with Crippen LogP contribution in [0.2, 0.25) is 0 Å². The molecule has 0 saturated carbocycles. The summed E-state index contributed by atoms with van der Waals surface area (Å²) in [6.45, 7) is 9.00. The summed E-state index contributed by atoms with van der Waals surface area (Å²) in [6.07, 6.45) is 3.37. The van der Waals surface area contributed by atoms with E-state index in [4.69, 9.17) is 5.73 Å². The number of nitrogens with two attached hydrogens (primary N) is 1. The summed E-state index contributed by atoms with van der Waals surface area (Å²) in [4.78, 5) is 10.2. The second kappa shape index (κ2) is 4.33. The molecule has 3 nitrogen and oxygen atoms in total. The third kappa shape index (κ3) is 6.37. The van der Waals surface area contributed by atoms with Crippen LogP contribution in [0.5, 0.6) is 0 Å². The van der Waals surface area contributed by atoms with Crippen LogP contribution in [0.4, 0.5) is 4.79 Å². The maximum atomic E-state index is 10.2. The Bertz CT molecular complexity index is 216. The molecule has 0 bridgehead atoms. The zero-order chi connectivity index (χ0) is 8.85. The van der Waals surface area contributed by atoms with Crippen LogP contribution in [0.1, 0.15) is 6.92 Å². The number of urea groups is 1. The van der Waals surface area contributed by atoms with Crippen LogP contribution in [-0.2, 0) is 0 Å². The highest BCUT2D eigenvalue weighted by Crippen LogP contribution is 1.93. The Morgan fingerprint density at radius 3 is 2.36 bits per heavy atom. The highest BCUT2D eigenvalue weighted by Gasteiger charge is 1.90. The van der Waals surface area contributed by atoms with Gasteiger partial charge in [-0.15, -0.1) is 0 Å². The molecule has 0 rings (SSSR count). The summed E-state index contributed by atoms with van der Waals surface area (Å²) in [5, 5.41) is 2.31.